The maximum atomic E-state index is 13.6. The zero-order valence-electron chi connectivity index (χ0n) is 9.88. The van der Waals surface area contributed by atoms with Gasteiger partial charge in [0.25, 0.3) is 5.91 Å². The monoisotopic (exact) mass is 360 g/mol. The number of nitrogens with two attached hydrogens (primary N) is 1. The van der Waals surface area contributed by atoms with Gasteiger partial charge in [-0.15, -0.1) is 0 Å². The Balaban J connectivity index is 2.30. The summed E-state index contributed by atoms with van der Waals surface area (Å²) in [6, 6.07) is 6.09. The van der Waals surface area contributed by atoms with Gasteiger partial charge < -0.3 is 11.1 Å². The summed E-state index contributed by atoms with van der Waals surface area (Å²) in [5, 5.41) is 2.38. The van der Waals surface area contributed by atoms with Crippen LogP contribution >= 0.6 is 27.5 Å². The molecule has 0 atom stereocenters. The predicted molar refractivity (Wildman–Crippen MR) is 77.9 cm³/mol. The van der Waals surface area contributed by atoms with Crippen LogP contribution in [0.2, 0.25) is 5.02 Å². The average Bonchev–Trinajstić information content (AvgIpc) is 2.35. The number of carbonyl (C=O) groups excluding carboxylic acids is 1. The van der Waals surface area contributed by atoms with E-state index in [0.29, 0.717) is 5.69 Å². The first kappa shape index (κ1) is 14.7. The summed E-state index contributed by atoms with van der Waals surface area (Å²) in [6.07, 6.45) is 0. The molecular weight excluding hydrogens is 354 g/mol. The number of amides is 1. The summed E-state index contributed by atoms with van der Waals surface area (Å²) in [7, 11) is 0. The normalized spacial score (nSPS) is 10.4. The Morgan fingerprint density at radius 3 is 2.55 bits per heavy atom. The lowest BCUT2D eigenvalue weighted by atomic mass is 10.2. The highest BCUT2D eigenvalue weighted by molar-refractivity contribution is 9.10. The number of nitrogens with one attached hydrogen (secondary N) is 1. The van der Waals surface area contributed by atoms with E-state index in [-0.39, 0.29) is 20.7 Å². The topological polar surface area (TPSA) is 55.1 Å². The quantitative estimate of drug-likeness (QED) is 0.622. The molecule has 2 aromatic rings. The lowest BCUT2D eigenvalue weighted by Crippen LogP contribution is -2.14. The van der Waals surface area contributed by atoms with Crippen molar-refractivity contribution in [2.24, 2.45) is 0 Å². The summed E-state index contributed by atoms with van der Waals surface area (Å²) in [4.78, 5) is 12.0. The van der Waals surface area contributed by atoms with Crippen LogP contribution in [-0.2, 0) is 0 Å². The molecule has 0 spiro atoms. The van der Waals surface area contributed by atoms with Gasteiger partial charge in [-0.25, -0.2) is 8.78 Å². The minimum atomic E-state index is -0.766. The molecular formula is C13H8BrClF2N2O. The molecule has 3 N–H and O–H groups in total. The Bertz CT molecular complexity index is 694. The minimum absolute atomic E-state index is 0.0292. The van der Waals surface area contributed by atoms with E-state index < -0.39 is 17.5 Å². The van der Waals surface area contributed by atoms with E-state index in [9.17, 15) is 13.6 Å². The van der Waals surface area contributed by atoms with Gasteiger partial charge >= 0.3 is 0 Å². The SMILES string of the molecule is Nc1ccc(C(=O)Nc2cc(F)c(Br)cc2F)c(Cl)c1. The van der Waals surface area contributed by atoms with Crippen molar-refractivity contribution in [2.75, 3.05) is 11.1 Å². The molecule has 0 bridgehead atoms. The maximum Gasteiger partial charge on any atom is 0.257 e. The molecule has 0 aliphatic heterocycles. The first-order valence-electron chi connectivity index (χ1n) is 5.39. The van der Waals surface area contributed by atoms with Crippen molar-refractivity contribution < 1.29 is 13.6 Å². The molecule has 0 aliphatic carbocycles. The van der Waals surface area contributed by atoms with Crippen molar-refractivity contribution in [1.82, 2.24) is 0 Å². The molecule has 20 heavy (non-hydrogen) atoms. The predicted octanol–water partition coefficient (Wildman–Crippen LogP) is 4.22. The highest BCUT2D eigenvalue weighted by Gasteiger charge is 2.14. The number of anilines is 2. The third-order valence-electron chi connectivity index (χ3n) is 2.50. The van der Waals surface area contributed by atoms with Gasteiger partial charge in [0, 0.05) is 11.8 Å². The number of nitrogen functional groups attached to an aromatic ring is 1. The van der Waals surface area contributed by atoms with Crippen LogP contribution < -0.4 is 11.1 Å². The molecule has 0 saturated carbocycles. The zero-order chi connectivity index (χ0) is 14.9. The van der Waals surface area contributed by atoms with Crippen molar-refractivity contribution in [1.29, 1.82) is 0 Å². The Hall–Kier alpha value is -1.66. The zero-order valence-corrected chi connectivity index (χ0v) is 12.2. The smallest absolute Gasteiger partial charge is 0.257 e. The van der Waals surface area contributed by atoms with Gasteiger partial charge in [-0.1, -0.05) is 11.6 Å². The molecule has 7 heteroatoms. The number of halogens is 4. The van der Waals surface area contributed by atoms with Crippen molar-refractivity contribution >= 4 is 44.8 Å². The Kier molecular flexibility index (Phi) is 4.25. The second-order valence-corrected chi connectivity index (χ2v) is 5.20. The summed E-state index contributed by atoms with van der Waals surface area (Å²) in [5.74, 6) is -2.11. The molecule has 104 valence electrons. The van der Waals surface area contributed by atoms with Gasteiger partial charge in [-0.05, 0) is 40.2 Å². The highest BCUT2D eigenvalue weighted by atomic mass is 79.9. The molecule has 0 radical (unpaired) electrons. The molecule has 2 aromatic carbocycles. The second-order valence-electron chi connectivity index (χ2n) is 3.94. The largest absolute Gasteiger partial charge is 0.399 e. The van der Waals surface area contributed by atoms with E-state index in [1.807, 2.05) is 0 Å². The summed E-state index contributed by atoms with van der Waals surface area (Å²) in [6.45, 7) is 0. The molecule has 2 rings (SSSR count). The second kappa shape index (κ2) is 5.76. The number of hydrogen-bond acceptors (Lipinski definition) is 2. The van der Waals surface area contributed by atoms with Gasteiger partial charge in [-0.3, -0.25) is 4.79 Å². The highest BCUT2D eigenvalue weighted by Crippen LogP contribution is 2.25. The van der Waals surface area contributed by atoms with Crippen LogP contribution in [0.3, 0.4) is 0 Å². The van der Waals surface area contributed by atoms with E-state index in [2.05, 4.69) is 21.2 Å². The third-order valence-corrected chi connectivity index (χ3v) is 3.42. The first-order valence-corrected chi connectivity index (χ1v) is 6.56. The molecule has 0 aromatic heterocycles. The van der Waals surface area contributed by atoms with Gasteiger partial charge in [0.15, 0.2) is 0 Å². The Labute approximate surface area is 126 Å². The fourth-order valence-electron chi connectivity index (χ4n) is 1.52. The van der Waals surface area contributed by atoms with Crippen molar-refractivity contribution in [2.45, 2.75) is 0 Å². The summed E-state index contributed by atoms with van der Waals surface area (Å²) < 4.78 is 26.9. The fraction of sp³-hybridized carbons (Fsp3) is 0. The minimum Gasteiger partial charge on any atom is -0.399 e. The molecule has 0 unspecified atom stereocenters. The van der Waals surface area contributed by atoms with Crippen LogP contribution in [0.1, 0.15) is 10.4 Å². The standard InChI is InChI=1S/C13H8BrClF2N2O/c14-8-4-11(17)12(5-10(8)16)19-13(20)7-2-1-6(18)3-9(7)15/h1-5H,18H2,(H,19,20). The summed E-state index contributed by atoms with van der Waals surface area (Å²) >= 11 is 8.72. The van der Waals surface area contributed by atoms with Crippen LogP contribution in [0.5, 0.6) is 0 Å². The maximum absolute atomic E-state index is 13.6. The van der Waals surface area contributed by atoms with Gasteiger partial charge in [-0.2, -0.15) is 0 Å². The van der Waals surface area contributed by atoms with E-state index in [4.69, 9.17) is 17.3 Å². The third kappa shape index (κ3) is 3.08. The molecule has 0 heterocycles. The lowest BCUT2D eigenvalue weighted by molar-refractivity contribution is 0.102. The number of benzene rings is 2. The molecule has 0 saturated heterocycles. The van der Waals surface area contributed by atoms with Crippen molar-refractivity contribution in [3.63, 3.8) is 0 Å². The van der Waals surface area contributed by atoms with Crippen molar-refractivity contribution in [3.05, 3.63) is 57.0 Å². The van der Waals surface area contributed by atoms with E-state index in [0.717, 1.165) is 12.1 Å². The number of carbonyl (C=O) groups is 1. The van der Waals surface area contributed by atoms with Crippen LogP contribution in [0.15, 0.2) is 34.8 Å². The fourth-order valence-corrected chi connectivity index (χ4v) is 2.11. The van der Waals surface area contributed by atoms with Crippen molar-refractivity contribution in [3.8, 4) is 0 Å². The first-order chi connectivity index (χ1) is 9.38. The van der Waals surface area contributed by atoms with E-state index >= 15 is 0 Å². The van der Waals surface area contributed by atoms with Gasteiger partial charge in [0.1, 0.15) is 11.6 Å². The van der Waals surface area contributed by atoms with Crippen LogP contribution in [0.25, 0.3) is 0 Å². The summed E-state index contributed by atoms with van der Waals surface area (Å²) in [5.41, 5.74) is 5.75. The number of hydrogen-bond donors (Lipinski definition) is 2. The van der Waals surface area contributed by atoms with Crippen LogP contribution in [0, 0.1) is 11.6 Å². The Morgan fingerprint density at radius 2 is 1.90 bits per heavy atom. The van der Waals surface area contributed by atoms with E-state index in [1.165, 1.54) is 18.2 Å². The van der Waals surface area contributed by atoms with Crippen LogP contribution in [0.4, 0.5) is 20.2 Å². The average molecular weight is 362 g/mol. The Morgan fingerprint density at radius 1 is 1.20 bits per heavy atom. The number of rotatable bonds is 2. The van der Waals surface area contributed by atoms with Gasteiger partial charge in [0.2, 0.25) is 0 Å². The lowest BCUT2D eigenvalue weighted by Gasteiger charge is -2.09. The van der Waals surface area contributed by atoms with Gasteiger partial charge in [0.05, 0.1) is 20.7 Å². The van der Waals surface area contributed by atoms with E-state index in [1.54, 1.807) is 0 Å². The molecule has 3 nitrogen and oxygen atoms in total. The molecule has 0 aliphatic rings. The molecule has 1 amide bonds. The molecule has 0 fully saturated rings. The van der Waals surface area contributed by atoms with Crippen LogP contribution in [-0.4, -0.2) is 5.91 Å².